The molecule has 0 fully saturated rings. The van der Waals surface area contributed by atoms with Crippen LogP contribution in [0.5, 0.6) is 17.2 Å². The normalized spacial score (nSPS) is 10.6. The number of rotatable bonds is 9. The molecule has 1 N–H and O–H groups in total. The second-order valence-corrected chi connectivity index (χ2v) is 6.79. The third-order valence-corrected chi connectivity index (χ3v) is 4.27. The molecular weight excluding hydrogens is 408 g/mol. The molecule has 3 rings (SSSR count). The van der Waals surface area contributed by atoms with Crippen molar-refractivity contribution < 1.29 is 23.8 Å². The number of nitrogens with one attached hydrogen (secondary N) is 1. The molecule has 0 unspecified atom stereocenters. The lowest BCUT2D eigenvalue weighted by atomic mass is 10.2. The Hall–Kier alpha value is -4.13. The highest BCUT2D eigenvalue weighted by atomic mass is 16.6. The lowest BCUT2D eigenvalue weighted by Crippen LogP contribution is -2.24. The van der Waals surface area contributed by atoms with Gasteiger partial charge < -0.3 is 14.2 Å². The zero-order chi connectivity index (χ0) is 22.8. The van der Waals surface area contributed by atoms with Crippen molar-refractivity contribution in [1.29, 1.82) is 0 Å². The summed E-state index contributed by atoms with van der Waals surface area (Å²) in [6.07, 6.45) is 1.47. The Kier molecular flexibility index (Phi) is 7.97. The van der Waals surface area contributed by atoms with Crippen LogP contribution in [0.4, 0.5) is 0 Å². The summed E-state index contributed by atoms with van der Waals surface area (Å²) in [6, 6.07) is 21.1. The Bertz CT molecular complexity index is 1080. The van der Waals surface area contributed by atoms with E-state index in [-0.39, 0.29) is 12.5 Å². The van der Waals surface area contributed by atoms with E-state index in [1.54, 1.807) is 54.6 Å². The van der Waals surface area contributed by atoms with Gasteiger partial charge in [0, 0.05) is 0 Å². The summed E-state index contributed by atoms with van der Waals surface area (Å²) < 4.78 is 16.5. The van der Waals surface area contributed by atoms with Crippen LogP contribution in [-0.4, -0.2) is 31.3 Å². The van der Waals surface area contributed by atoms with Gasteiger partial charge in [0.1, 0.15) is 5.75 Å². The second-order valence-electron chi connectivity index (χ2n) is 6.79. The highest BCUT2D eigenvalue weighted by Crippen LogP contribution is 2.29. The summed E-state index contributed by atoms with van der Waals surface area (Å²) in [5.41, 5.74) is 4.62. The van der Waals surface area contributed by atoms with Gasteiger partial charge in [0.15, 0.2) is 18.1 Å². The zero-order valence-corrected chi connectivity index (χ0v) is 17.9. The van der Waals surface area contributed by atoms with Crippen molar-refractivity contribution in [3.05, 3.63) is 89.5 Å². The van der Waals surface area contributed by atoms with Crippen molar-refractivity contribution in [2.24, 2.45) is 5.10 Å². The highest BCUT2D eigenvalue weighted by Gasteiger charge is 2.13. The Morgan fingerprint density at radius 1 is 0.938 bits per heavy atom. The molecule has 3 aromatic rings. The number of benzene rings is 3. The average molecular weight is 432 g/mol. The molecule has 1 amide bonds. The van der Waals surface area contributed by atoms with Crippen molar-refractivity contribution in [2.75, 3.05) is 13.2 Å². The minimum absolute atomic E-state index is 0.154. The third-order valence-electron chi connectivity index (χ3n) is 4.27. The highest BCUT2D eigenvalue weighted by molar-refractivity contribution is 5.91. The standard InChI is InChI=1S/C25H24N2O5/c1-3-30-23-15-19(11-14-22(23)32-25(29)20-7-5-4-6-8-20)16-26-27-24(28)17-31-21-12-9-18(2)10-13-21/h4-16H,3,17H2,1-2H3,(H,27,28)/b26-16-. The van der Waals surface area contributed by atoms with E-state index in [9.17, 15) is 9.59 Å². The van der Waals surface area contributed by atoms with Crippen molar-refractivity contribution >= 4 is 18.1 Å². The fraction of sp³-hybridized carbons (Fsp3) is 0.160. The van der Waals surface area contributed by atoms with Crippen LogP contribution in [0.15, 0.2) is 77.9 Å². The van der Waals surface area contributed by atoms with Gasteiger partial charge in [-0.1, -0.05) is 35.9 Å². The lowest BCUT2D eigenvalue weighted by molar-refractivity contribution is -0.123. The van der Waals surface area contributed by atoms with Crippen LogP contribution in [0.1, 0.15) is 28.4 Å². The minimum atomic E-state index is -0.478. The SMILES string of the molecule is CCOc1cc(/C=N\NC(=O)COc2ccc(C)cc2)ccc1OC(=O)c1ccccc1. The molecule has 0 atom stereocenters. The van der Waals surface area contributed by atoms with Gasteiger partial charge in [0.25, 0.3) is 5.91 Å². The summed E-state index contributed by atoms with van der Waals surface area (Å²) in [5.74, 6) is 0.439. The first-order chi connectivity index (χ1) is 15.5. The number of aryl methyl sites for hydroxylation is 1. The minimum Gasteiger partial charge on any atom is -0.490 e. The number of hydrazone groups is 1. The fourth-order valence-corrected chi connectivity index (χ4v) is 2.69. The fourth-order valence-electron chi connectivity index (χ4n) is 2.69. The summed E-state index contributed by atoms with van der Waals surface area (Å²) >= 11 is 0. The monoisotopic (exact) mass is 432 g/mol. The smallest absolute Gasteiger partial charge is 0.343 e. The predicted molar refractivity (Wildman–Crippen MR) is 121 cm³/mol. The molecule has 0 aliphatic carbocycles. The number of esters is 1. The molecule has 164 valence electrons. The maximum atomic E-state index is 12.3. The van der Waals surface area contributed by atoms with Gasteiger partial charge in [-0.15, -0.1) is 0 Å². The first-order valence-corrected chi connectivity index (χ1v) is 10.1. The van der Waals surface area contributed by atoms with E-state index in [0.717, 1.165) is 5.56 Å². The Morgan fingerprint density at radius 3 is 2.41 bits per heavy atom. The molecule has 0 bridgehead atoms. The molecule has 7 nitrogen and oxygen atoms in total. The van der Waals surface area contributed by atoms with E-state index in [1.807, 2.05) is 32.0 Å². The topological polar surface area (TPSA) is 86.2 Å². The van der Waals surface area contributed by atoms with Crippen LogP contribution in [0.3, 0.4) is 0 Å². The van der Waals surface area contributed by atoms with E-state index < -0.39 is 5.97 Å². The van der Waals surface area contributed by atoms with Crippen LogP contribution in [0.2, 0.25) is 0 Å². The summed E-state index contributed by atoms with van der Waals surface area (Å²) in [7, 11) is 0. The predicted octanol–water partition coefficient (Wildman–Crippen LogP) is 4.14. The van der Waals surface area contributed by atoms with Gasteiger partial charge in [-0.05, 0) is 61.9 Å². The maximum absolute atomic E-state index is 12.3. The first kappa shape index (κ1) is 22.6. The number of carbonyl (C=O) groups is 2. The summed E-state index contributed by atoms with van der Waals surface area (Å²) in [5, 5.41) is 3.94. The van der Waals surface area contributed by atoms with Gasteiger partial charge in [0.05, 0.1) is 18.4 Å². The molecule has 32 heavy (non-hydrogen) atoms. The van der Waals surface area contributed by atoms with Crippen LogP contribution in [-0.2, 0) is 4.79 Å². The van der Waals surface area contributed by atoms with Gasteiger partial charge >= 0.3 is 5.97 Å². The van der Waals surface area contributed by atoms with Crippen molar-refractivity contribution in [3.63, 3.8) is 0 Å². The summed E-state index contributed by atoms with van der Waals surface area (Å²) in [4.78, 5) is 24.2. The van der Waals surface area contributed by atoms with E-state index in [1.165, 1.54) is 6.21 Å². The Morgan fingerprint density at radius 2 is 1.69 bits per heavy atom. The molecular formula is C25H24N2O5. The molecule has 0 saturated heterocycles. The molecule has 0 spiro atoms. The van der Waals surface area contributed by atoms with Crippen LogP contribution in [0.25, 0.3) is 0 Å². The van der Waals surface area contributed by atoms with Crippen LogP contribution >= 0.6 is 0 Å². The number of hydrogen-bond donors (Lipinski definition) is 1. The molecule has 0 saturated carbocycles. The summed E-state index contributed by atoms with van der Waals surface area (Å²) in [6.45, 7) is 4.04. The van der Waals surface area contributed by atoms with Gasteiger partial charge in [-0.25, -0.2) is 10.2 Å². The quantitative estimate of drug-likeness (QED) is 0.238. The number of ether oxygens (including phenoxy) is 3. The lowest BCUT2D eigenvalue weighted by Gasteiger charge is -2.11. The largest absolute Gasteiger partial charge is 0.490 e. The van der Waals surface area contributed by atoms with Crippen molar-refractivity contribution in [2.45, 2.75) is 13.8 Å². The third kappa shape index (κ3) is 6.70. The maximum Gasteiger partial charge on any atom is 0.343 e. The van der Waals surface area contributed by atoms with Crippen LogP contribution < -0.4 is 19.6 Å². The molecule has 7 heteroatoms. The number of nitrogens with zero attached hydrogens (tertiary/aromatic N) is 1. The van der Waals surface area contributed by atoms with E-state index in [0.29, 0.717) is 35.0 Å². The van der Waals surface area contributed by atoms with Crippen molar-refractivity contribution in [1.82, 2.24) is 5.43 Å². The zero-order valence-electron chi connectivity index (χ0n) is 17.9. The molecule has 0 radical (unpaired) electrons. The van der Waals surface area contributed by atoms with Gasteiger partial charge in [0.2, 0.25) is 0 Å². The number of carbonyl (C=O) groups excluding carboxylic acids is 2. The molecule has 0 aliphatic heterocycles. The van der Waals surface area contributed by atoms with Crippen molar-refractivity contribution in [3.8, 4) is 17.2 Å². The average Bonchev–Trinajstić information content (AvgIpc) is 2.81. The van der Waals surface area contributed by atoms with E-state index in [4.69, 9.17) is 14.2 Å². The second kappa shape index (κ2) is 11.3. The number of hydrogen-bond acceptors (Lipinski definition) is 6. The molecule has 0 aromatic heterocycles. The van der Waals surface area contributed by atoms with Gasteiger partial charge in [-0.2, -0.15) is 5.10 Å². The Labute approximate surface area is 186 Å². The number of amides is 1. The van der Waals surface area contributed by atoms with E-state index >= 15 is 0 Å². The van der Waals surface area contributed by atoms with Crippen LogP contribution in [0, 0.1) is 6.92 Å². The van der Waals surface area contributed by atoms with E-state index in [2.05, 4.69) is 10.5 Å². The Balaban J connectivity index is 1.58. The molecule has 3 aromatic carbocycles. The van der Waals surface area contributed by atoms with Gasteiger partial charge in [-0.3, -0.25) is 4.79 Å². The first-order valence-electron chi connectivity index (χ1n) is 10.1. The molecule has 0 heterocycles. The molecule has 0 aliphatic rings.